The first-order valence-electron chi connectivity index (χ1n) is 4.43. The maximum absolute atomic E-state index is 13.2. The van der Waals surface area contributed by atoms with Crippen LogP contribution in [0, 0.1) is 5.41 Å². The number of carbonyl (C=O) groups is 1. The van der Waals surface area contributed by atoms with Crippen LogP contribution in [0.5, 0.6) is 0 Å². The summed E-state index contributed by atoms with van der Waals surface area (Å²) in [4.78, 5) is 11.8. The Morgan fingerprint density at radius 3 is 2.07 bits per heavy atom. The second-order valence-corrected chi connectivity index (χ2v) is 5.17. The molecule has 1 aromatic carbocycles. The van der Waals surface area contributed by atoms with Gasteiger partial charge in [-0.3, -0.25) is 4.79 Å². The van der Waals surface area contributed by atoms with E-state index in [0.29, 0.717) is 5.56 Å². The summed E-state index contributed by atoms with van der Waals surface area (Å²) in [5.74, 6) is -0.539. The van der Waals surface area contributed by atoms with Crippen molar-refractivity contribution in [2.75, 3.05) is 0 Å². The van der Waals surface area contributed by atoms with E-state index in [1.54, 1.807) is 30.3 Å². The fraction of sp³-hybridized carbons (Fsp3) is 0.364. The number of rotatable bonds is 3. The molecule has 0 saturated heterocycles. The summed E-state index contributed by atoms with van der Waals surface area (Å²) in [5.41, 5.74) is -1.37. The third-order valence-electron chi connectivity index (χ3n) is 2.31. The molecule has 0 aliphatic heterocycles. The molecule has 0 bridgehead atoms. The van der Waals surface area contributed by atoms with Crippen LogP contribution in [0.3, 0.4) is 0 Å². The average Bonchev–Trinajstić information content (AvgIpc) is 2.16. The Bertz CT molecular complexity index is 355. The lowest BCUT2D eigenvalue weighted by molar-refractivity contribution is 0.00860. The number of hydrogen-bond acceptors (Lipinski definition) is 1. The van der Waals surface area contributed by atoms with Crippen molar-refractivity contribution in [1.82, 2.24) is 0 Å². The summed E-state index contributed by atoms with van der Waals surface area (Å²) in [6, 6.07) is 8.16. The second-order valence-electron chi connectivity index (χ2n) is 3.82. The Hall–Kier alpha value is -0.520. The van der Waals surface area contributed by atoms with E-state index in [2.05, 4.69) is 0 Å². The number of ketones is 1. The maximum Gasteiger partial charge on any atom is 0.308 e. The highest BCUT2D eigenvalue weighted by atomic mass is 127. The van der Waals surface area contributed by atoms with Gasteiger partial charge in [-0.2, -0.15) is 8.78 Å². The average molecular weight is 324 g/mol. The third-order valence-corrected chi connectivity index (χ3v) is 3.66. The lowest BCUT2D eigenvalue weighted by atomic mass is 9.85. The Morgan fingerprint density at radius 1 is 1.20 bits per heavy atom. The van der Waals surface area contributed by atoms with E-state index in [1.165, 1.54) is 13.8 Å². The van der Waals surface area contributed by atoms with E-state index >= 15 is 0 Å². The minimum absolute atomic E-state index is 0.318. The molecule has 0 aromatic heterocycles. The number of hydrogen-bond donors (Lipinski definition) is 0. The van der Waals surface area contributed by atoms with Crippen molar-refractivity contribution in [3.05, 3.63) is 35.9 Å². The zero-order valence-corrected chi connectivity index (χ0v) is 10.6. The van der Waals surface area contributed by atoms with E-state index in [0.717, 1.165) is 22.6 Å². The molecule has 0 radical (unpaired) electrons. The molecule has 0 aliphatic rings. The number of alkyl halides is 3. The van der Waals surface area contributed by atoms with Gasteiger partial charge in [0.1, 0.15) is 5.41 Å². The third kappa shape index (κ3) is 2.53. The molecule has 4 heteroatoms. The van der Waals surface area contributed by atoms with Crippen molar-refractivity contribution in [3.8, 4) is 0 Å². The van der Waals surface area contributed by atoms with Gasteiger partial charge in [-0.1, -0.05) is 30.3 Å². The van der Waals surface area contributed by atoms with Crippen LogP contribution in [0.2, 0.25) is 0 Å². The van der Waals surface area contributed by atoms with Gasteiger partial charge in [-0.25, -0.2) is 0 Å². The predicted octanol–water partition coefficient (Wildman–Crippen LogP) is 3.92. The Kier molecular flexibility index (Phi) is 3.48. The van der Waals surface area contributed by atoms with Crippen LogP contribution in [0.4, 0.5) is 8.78 Å². The minimum Gasteiger partial charge on any atom is -0.293 e. The van der Waals surface area contributed by atoms with Crippen LogP contribution in [0.15, 0.2) is 30.3 Å². The van der Waals surface area contributed by atoms with Crippen LogP contribution in [0.1, 0.15) is 24.2 Å². The van der Waals surface area contributed by atoms with Crippen molar-refractivity contribution in [2.45, 2.75) is 17.8 Å². The van der Waals surface area contributed by atoms with Crippen molar-refractivity contribution in [3.63, 3.8) is 0 Å². The highest BCUT2D eigenvalue weighted by Crippen LogP contribution is 2.43. The lowest BCUT2D eigenvalue weighted by Crippen LogP contribution is -2.38. The van der Waals surface area contributed by atoms with Gasteiger partial charge >= 0.3 is 3.93 Å². The number of halogens is 3. The van der Waals surface area contributed by atoms with E-state index in [-0.39, 0.29) is 0 Å². The zero-order chi connectivity index (χ0) is 11.7. The van der Waals surface area contributed by atoms with Gasteiger partial charge < -0.3 is 0 Å². The first kappa shape index (κ1) is 12.5. The molecule has 0 spiro atoms. The van der Waals surface area contributed by atoms with E-state index in [9.17, 15) is 13.6 Å². The number of benzene rings is 1. The van der Waals surface area contributed by atoms with Gasteiger partial charge in [-0.05, 0) is 36.4 Å². The van der Waals surface area contributed by atoms with E-state index < -0.39 is 15.1 Å². The van der Waals surface area contributed by atoms with Crippen LogP contribution < -0.4 is 0 Å². The van der Waals surface area contributed by atoms with Gasteiger partial charge in [-0.15, -0.1) is 0 Å². The summed E-state index contributed by atoms with van der Waals surface area (Å²) in [6.07, 6.45) is 0. The van der Waals surface area contributed by atoms with Crippen LogP contribution in [-0.4, -0.2) is 9.71 Å². The highest BCUT2D eigenvalue weighted by molar-refractivity contribution is 14.1. The van der Waals surface area contributed by atoms with E-state index in [1.807, 2.05) is 0 Å². The molecule has 1 rings (SSSR count). The molecule has 15 heavy (non-hydrogen) atoms. The largest absolute Gasteiger partial charge is 0.308 e. The van der Waals surface area contributed by atoms with E-state index in [4.69, 9.17) is 0 Å². The predicted molar refractivity (Wildman–Crippen MR) is 63.5 cm³/mol. The topological polar surface area (TPSA) is 17.1 Å². The molecule has 0 aliphatic carbocycles. The van der Waals surface area contributed by atoms with Crippen LogP contribution in [0.25, 0.3) is 0 Å². The molecule has 0 unspecified atom stereocenters. The van der Waals surface area contributed by atoms with Crippen molar-refractivity contribution in [2.24, 2.45) is 5.41 Å². The first-order valence-corrected chi connectivity index (χ1v) is 5.51. The quantitative estimate of drug-likeness (QED) is 0.468. The molecule has 0 atom stereocenters. The smallest absolute Gasteiger partial charge is 0.293 e. The molecule has 0 heterocycles. The molecule has 82 valence electrons. The fourth-order valence-electron chi connectivity index (χ4n) is 1.08. The maximum atomic E-state index is 13.2. The summed E-state index contributed by atoms with van der Waals surface area (Å²) in [6.45, 7) is 2.52. The normalized spacial score (nSPS) is 12.6. The number of carbonyl (C=O) groups excluding carboxylic acids is 1. The van der Waals surface area contributed by atoms with Gasteiger partial charge in [0.05, 0.1) is 0 Å². The van der Waals surface area contributed by atoms with Gasteiger partial charge in [0, 0.05) is 5.56 Å². The van der Waals surface area contributed by atoms with Crippen molar-refractivity contribution < 1.29 is 13.6 Å². The van der Waals surface area contributed by atoms with Gasteiger partial charge in [0.2, 0.25) is 0 Å². The van der Waals surface area contributed by atoms with Crippen LogP contribution in [-0.2, 0) is 0 Å². The Morgan fingerprint density at radius 2 is 1.67 bits per heavy atom. The van der Waals surface area contributed by atoms with Gasteiger partial charge in [0.15, 0.2) is 5.78 Å². The SMILES string of the molecule is CC(C)(C(=O)c1ccccc1)C(F)(F)I. The zero-order valence-electron chi connectivity index (χ0n) is 8.43. The van der Waals surface area contributed by atoms with Gasteiger partial charge in [0.25, 0.3) is 0 Å². The molecular formula is C11H11F2IO. The molecule has 1 aromatic rings. The molecule has 0 N–H and O–H groups in total. The first-order chi connectivity index (χ1) is 6.77. The summed E-state index contributed by atoms with van der Waals surface area (Å²) < 4.78 is 23.3. The lowest BCUT2D eigenvalue weighted by Gasteiger charge is -2.28. The molecule has 0 saturated carbocycles. The van der Waals surface area contributed by atoms with Crippen LogP contribution >= 0.6 is 22.6 Å². The molecule has 0 fully saturated rings. The Labute approximate surface area is 101 Å². The highest BCUT2D eigenvalue weighted by Gasteiger charge is 2.49. The summed E-state index contributed by atoms with van der Waals surface area (Å²) in [5, 5.41) is 0. The minimum atomic E-state index is -3.06. The number of Topliss-reactive ketones (excluding diaryl/α,β-unsaturated/α-hetero) is 1. The fourth-order valence-corrected chi connectivity index (χ4v) is 1.32. The summed E-state index contributed by atoms with van der Waals surface area (Å²) >= 11 is 1.01. The molecule has 1 nitrogen and oxygen atoms in total. The standard InChI is InChI=1S/C11H11F2IO/c1-10(2,11(12,13)14)9(15)8-6-4-3-5-7-8/h3-7H,1-2H3. The Balaban J connectivity index is 3.06. The molecule has 0 amide bonds. The van der Waals surface area contributed by atoms with Crippen molar-refractivity contribution in [1.29, 1.82) is 0 Å². The monoisotopic (exact) mass is 324 g/mol. The molecular weight excluding hydrogens is 313 g/mol. The van der Waals surface area contributed by atoms with Crippen molar-refractivity contribution >= 4 is 28.4 Å². The second kappa shape index (κ2) is 4.15. The summed E-state index contributed by atoms with van der Waals surface area (Å²) in [7, 11) is 0.